The number of carbonyl (C=O) groups excluding carboxylic acids is 1. The molecule has 0 saturated carbocycles. The van der Waals surface area contributed by atoms with Gasteiger partial charge in [0.1, 0.15) is 11.6 Å². The van der Waals surface area contributed by atoms with Gasteiger partial charge >= 0.3 is 0 Å². The highest BCUT2D eigenvalue weighted by atomic mass is 19.1. The summed E-state index contributed by atoms with van der Waals surface area (Å²) in [5, 5.41) is 11.0. The first-order valence-electron chi connectivity index (χ1n) is 5.45. The number of aliphatic hydroxyl groups excluding tert-OH is 1. The van der Waals surface area contributed by atoms with Crippen molar-refractivity contribution in [3.63, 3.8) is 0 Å². The van der Waals surface area contributed by atoms with Crippen molar-refractivity contribution in [2.24, 2.45) is 0 Å². The summed E-state index contributed by atoms with van der Waals surface area (Å²) in [6, 6.07) is 3.28. The lowest BCUT2D eigenvalue weighted by Crippen LogP contribution is -2.26. The molecule has 94 valence electrons. The summed E-state index contributed by atoms with van der Waals surface area (Å²) in [6.07, 6.45) is 0.990. The van der Waals surface area contributed by atoms with Gasteiger partial charge in [-0.3, -0.25) is 4.79 Å². The van der Waals surface area contributed by atoms with E-state index in [1.807, 2.05) is 0 Å². The van der Waals surface area contributed by atoms with Crippen molar-refractivity contribution in [3.8, 4) is 0 Å². The minimum Gasteiger partial charge on any atom is -0.395 e. The number of hydrogen-bond donors (Lipinski definition) is 2. The summed E-state index contributed by atoms with van der Waals surface area (Å²) < 4.78 is 26.0. The Balaban J connectivity index is 2.35. The van der Waals surface area contributed by atoms with E-state index in [1.54, 1.807) is 0 Å². The molecule has 0 spiro atoms. The molecule has 0 aliphatic rings. The molecule has 1 rings (SSSR count). The normalized spacial score (nSPS) is 10.3. The average molecular weight is 243 g/mol. The number of carbonyl (C=O) groups is 1. The fourth-order valence-corrected chi connectivity index (χ4v) is 1.46. The van der Waals surface area contributed by atoms with Gasteiger partial charge in [-0.05, 0) is 36.6 Å². The highest BCUT2D eigenvalue weighted by molar-refractivity contribution is 5.75. The molecular formula is C12H15F2NO2. The molecule has 0 aliphatic heterocycles. The number of aryl methyl sites for hydroxylation is 1. The van der Waals surface area contributed by atoms with E-state index in [2.05, 4.69) is 5.32 Å². The zero-order valence-electron chi connectivity index (χ0n) is 9.38. The highest BCUT2D eigenvalue weighted by Crippen LogP contribution is 2.12. The Morgan fingerprint density at radius 2 is 2.12 bits per heavy atom. The Labute approximate surface area is 98.5 Å². The van der Waals surface area contributed by atoms with Crippen LogP contribution in [0.1, 0.15) is 18.4 Å². The summed E-state index contributed by atoms with van der Waals surface area (Å²) in [5.74, 6) is -1.14. The SMILES string of the molecule is O=C(CCCc1cc(F)ccc1F)NCCO. The molecule has 0 bridgehead atoms. The van der Waals surface area contributed by atoms with Crippen LogP contribution in [0.15, 0.2) is 18.2 Å². The number of rotatable bonds is 6. The van der Waals surface area contributed by atoms with E-state index in [0.29, 0.717) is 12.8 Å². The van der Waals surface area contributed by atoms with E-state index in [4.69, 9.17) is 5.11 Å². The molecule has 5 heteroatoms. The van der Waals surface area contributed by atoms with E-state index in [-0.39, 0.29) is 31.0 Å². The van der Waals surface area contributed by atoms with Gasteiger partial charge in [-0.1, -0.05) is 0 Å². The van der Waals surface area contributed by atoms with Crippen molar-refractivity contribution < 1.29 is 18.7 Å². The van der Waals surface area contributed by atoms with Crippen molar-refractivity contribution in [1.29, 1.82) is 0 Å². The molecule has 3 nitrogen and oxygen atoms in total. The Kier molecular flexibility index (Phi) is 5.56. The van der Waals surface area contributed by atoms with Crippen molar-refractivity contribution in [3.05, 3.63) is 35.4 Å². The van der Waals surface area contributed by atoms with Gasteiger partial charge in [-0.25, -0.2) is 8.78 Å². The van der Waals surface area contributed by atoms with Gasteiger partial charge in [-0.15, -0.1) is 0 Å². The van der Waals surface area contributed by atoms with Gasteiger partial charge < -0.3 is 10.4 Å². The Hall–Kier alpha value is -1.49. The first kappa shape index (κ1) is 13.6. The quantitative estimate of drug-likeness (QED) is 0.793. The molecule has 0 saturated heterocycles. The van der Waals surface area contributed by atoms with Gasteiger partial charge in [-0.2, -0.15) is 0 Å². The topological polar surface area (TPSA) is 49.3 Å². The Morgan fingerprint density at radius 1 is 1.35 bits per heavy atom. The van der Waals surface area contributed by atoms with Gasteiger partial charge in [0.05, 0.1) is 6.61 Å². The van der Waals surface area contributed by atoms with Crippen LogP contribution in [0.2, 0.25) is 0 Å². The summed E-state index contributed by atoms with van der Waals surface area (Å²) in [6.45, 7) is 0.109. The maximum Gasteiger partial charge on any atom is 0.220 e. The first-order valence-corrected chi connectivity index (χ1v) is 5.45. The van der Waals surface area contributed by atoms with Crippen LogP contribution in [0.25, 0.3) is 0 Å². The van der Waals surface area contributed by atoms with Crippen LogP contribution in [0.4, 0.5) is 8.78 Å². The van der Waals surface area contributed by atoms with Gasteiger partial charge in [0.2, 0.25) is 5.91 Å². The lowest BCUT2D eigenvalue weighted by molar-refractivity contribution is -0.121. The highest BCUT2D eigenvalue weighted by Gasteiger charge is 2.05. The monoisotopic (exact) mass is 243 g/mol. The molecule has 1 aromatic carbocycles. The third-order valence-electron chi connectivity index (χ3n) is 2.29. The molecule has 1 aromatic rings. The van der Waals surface area contributed by atoms with Crippen molar-refractivity contribution in [2.75, 3.05) is 13.2 Å². The van der Waals surface area contributed by atoms with Crippen molar-refractivity contribution in [1.82, 2.24) is 5.32 Å². The molecule has 17 heavy (non-hydrogen) atoms. The van der Waals surface area contributed by atoms with Crippen LogP contribution in [0.3, 0.4) is 0 Å². The average Bonchev–Trinajstić information content (AvgIpc) is 2.31. The third-order valence-corrected chi connectivity index (χ3v) is 2.29. The van der Waals surface area contributed by atoms with Crippen LogP contribution in [0.5, 0.6) is 0 Å². The molecule has 0 atom stereocenters. The molecule has 2 N–H and O–H groups in total. The second-order valence-electron chi connectivity index (χ2n) is 3.66. The number of aliphatic hydroxyl groups is 1. The lowest BCUT2D eigenvalue weighted by atomic mass is 10.1. The van der Waals surface area contributed by atoms with E-state index in [1.165, 1.54) is 0 Å². The summed E-state index contributed by atoms with van der Waals surface area (Å²) >= 11 is 0. The maximum atomic E-state index is 13.2. The number of halogens is 2. The first-order chi connectivity index (χ1) is 8.13. The van der Waals surface area contributed by atoms with E-state index >= 15 is 0 Å². The zero-order valence-corrected chi connectivity index (χ0v) is 9.38. The zero-order chi connectivity index (χ0) is 12.7. The predicted molar refractivity (Wildman–Crippen MR) is 59.4 cm³/mol. The molecule has 0 aromatic heterocycles. The Bertz CT molecular complexity index is 383. The van der Waals surface area contributed by atoms with E-state index in [0.717, 1.165) is 18.2 Å². The fraction of sp³-hybridized carbons (Fsp3) is 0.417. The molecular weight excluding hydrogens is 228 g/mol. The summed E-state index contributed by atoms with van der Waals surface area (Å²) in [4.78, 5) is 11.2. The van der Waals surface area contributed by atoms with Crippen LogP contribution in [0, 0.1) is 11.6 Å². The number of hydrogen-bond acceptors (Lipinski definition) is 2. The maximum absolute atomic E-state index is 13.2. The molecule has 0 aliphatic carbocycles. The molecule has 0 heterocycles. The minimum absolute atomic E-state index is 0.107. The number of amides is 1. The van der Waals surface area contributed by atoms with Crippen LogP contribution in [-0.4, -0.2) is 24.2 Å². The summed E-state index contributed by atoms with van der Waals surface area (Å²) in [7, 11) is 0. The predicted octanol–water partition coefficient (Wildman–Crippen LogP) is 1.40. The van der Waals surface area contributed by atoms with Crippen LogP contribution < -0.4 is 5.32 Å². The van der Waals surface area contributed by atoms with Crippen LogP contribution in [-0.2, 0) is 11.2 Å². The standard InChI is InChI=1S/C12H15F2NO2/c13-10-4-5-11(14)9(8-10)2-1-3-12(17)15-6-7-16/h4-5,8,16H,1-3,6-7H2,(H,15,17). The fourth-order valence-electron chi connectivity index (χ4n) is 1.46. The molecule has 1 amide bonds. The minimum atomic E-state index is -0.480. The number of benzene rings is 1. The second-order valence-corrected chi connectivity index (χ2v) is 3.66. The molecule has 0 fully saturated rings. The van der Waals surface area contributed by atoms with Gasteiger partial charge in [0, 0.05) is 13.0 Å². The van der Waals surface area contributed by atoms with Crippen molar-refractivity contribution in [2.45, 2.75) is 19.3 Å². The van der Waals surface area contributed by atoms with Gasteiger partial charge in [0.25, 0.3) is 0 Å². The van der Waals surface area contributed by atoms with E-state index in [9.17, 15) is 13.6 Å². The second kappa shape index (κ2) is 6.96. The third kappa shape index (κ3) is 4.91. The Morgan fingerprint density at radius 3 is 2.82 bits per heavy atom. The van der Waals surface area contributed by atoms with E-state index < -0.39 is 11.6 Å². The molecule has 0 unspecified atom stereocenters. The summed E-state index contributed by atoms with van der Waals surface area (Å²) in [5.41, 5.74) is 0.278. The largest absolute Gasteiger partial charge is 0.395 e. The lowest BCUT2D eigenvalue weighted by Gasteiger charge is -2.04. The van der Waals surface area contributed by atoms with Crippen LogP contribution >= 0.6 is 0 Å². The van der Waals surface area contributed by atoms with Gasteiger partial charge in [0.15, 0.2) is 0 Å². The van der Waals surface area contributed by atoms with Crippen molar-refractivity contribution >= 4 is 5.91 Å². The smallest absolute Gasteiger partial charge is 0.220 e. The molecule has 0 radical (unpaired) electrons. The number of nitrogens with one attached hydrogen (secondary N) is 1.